The van der Waals surface area contributed by atoms with Crippen LogP contribution in [0.15, 0.2) is 18.2 Å². The lowest BCUT2D eigenvalue weighted by Gasteiger charge is -2.05. The van der Waals surface area contributed by atoms with Crippen molar-refractivity contribution < 1.29 is 9.66 Å². The Morgan fingerprint density at radius 3 is 2.69 bits per heavy atom. The molecular formula is C10H15ClN2O3. The monoisotopic (exact) mass is 246 g/mol. The fourth-order valence-electron chi connectivity index (χ4n) is 1.20. The molecule has 0 saturated heterocycles. The van der Waals surface area contributed by atoms with Gasteiger partial charge in [-0.1, -0.05) is 0 Å². The van der Waals surface area contributed by atoms with Crippen LogP contribution in [0.5, 0.6) is 5.75 Å². The molecule has 0 aliphatic heterocycles. The van der Waals surface area contributed by atoms with Gasteiger partial charge in [-0.2, -0.15) is 0 Å². The highest BCUT2D eigenvalue weighted by molar-refractivity contribution is 5.85. The van der Waals surface area contributed by atoms with Crippen molar-refractivity contribution >= 4 is 18.1 Å². The fourth-order valence-corrected chi connectivity index (χ4v) is 1.20. The first kappa shape index (κ1) is 14.7. The normalized spacial score (nSPS) is 9.38. The molecule has 0 bridgehead atoms. The van der Waals surface area contributed by atoms with Gasteiger partial charge in [0, 0.05) is 11.6 Å². The van der Waals surface area contributed by atoms with Crippen LogP contribution in [-0.4, -0.2) is 18.1 Å². The van der Waals surface area contributed by atoms with Crippen molar-refractivity contribution in [2.75, 3.05) is 13.2 Å². The van der Waals surface area contributed by atoms with Crippen LogP contribution in [-0.2, 0) is 0 Å². The molecule has 1 aromatic carbocycles. The summed E-state index contributed by atoms with van der Waals surface area (Å²) in [6.07, 6.45) is 0.774. The number of hydrogen-bond acceptors (Lipinski definition) is 4. The summed E-state index contributed by atoms with van der Waals surface area (Å²) in [5.41, 5.74) is 6.03. The summed E-state index contributed by atoms with van der Waals surface area (Å²) in [6.45, 7) is 2.80. The average Bonchev–Trinajstić information content (AvgIpc) is 2.17. The van der Waals surface area contributed by atoms with Gasteiger partial charge in [0.2, 0.25) is 0 Å². The third kappa shape index (κ3) is 4.04. The number of halogens is 1. The van der Waals surface area contributed by atoms with Crippen molar-refractivity contribution in [2.45, 2.75) is 13.3 Å². The maximum atomic E-state index is 10.5. The van der Waals surface area contributed by atoms with Crippen LogP contribution >= 0.6 is 12.4 Å². The van der Waals surface area contributed by atoms with Gasteiger partial charge in [-0.05, 0) is 32.0 Å². The Bertz CT molecular complexity index is 358. The summed E-state index contributed by atoms with van der Waals surface area (Å²) in [6, 6.07) is 4.71. The van der Waals surface area contributed by atoms with Crippen molar-refractivity contribution in [3.63, 3.8) is 0 Å². The van der Waals surface area contributed by atoms with E-state index in [0.29, 0.717) is 24.5 Å². The summed E-state index contributed by atoms with van der Waals surface area (Å²) in [5.74, 6) is 0.645. The standard InChI is InChI=1S/C10H14N2O3.ClH/c1-8-7-9(15-6-2-5-11)3-4-10(8)12(13)14;/h3-4,7H,2,5-6,11H2,1H3;1H. The van der Waals surface area contributed by atoms with Gasteiger partial charge in [0.25, 0.3) is 5.69 Å². The van der Waals surface area contributed by atoms with E-state index >= 15 is 0 Å². The predicted molar refractivity (Wildman–Crippen MR) is 64.2 cm³/mol. The lowest BCUT2D eigenvalue weighted by molar-refractivity contribution is -0.385. The quantitative estimate of drug-likeness (QED) is 0.490. The molecule has 0 fully saturated rings. The molecule has 0 spiro atoms. The molecule has 2 N–H and O–H groups in total. The second-order valence-corrected chi connectivity index (χ2v) is 3.20. The Hall–Kier alpha value is -1.33. The number of nitro benzene ring substituents is 1. The highest BCUT2D eigenvalue weighted by Crippen LogP contribution is 2.22. The van der Waals surface area contributed by atoms with E-state index in [1.54, 1.807) is 19.1 Å². The highest BCUT2D eigenvalue weighted by Gasteiger charge is 2.10. The first-order valence-electron chi connectivity index (χ1n) is 4.73. The lowest BCUT2D eigenvalue weighted by atomic mass is 10.2. The van der Waals surface area contributed by atoms with Crippen molar-refractivity contribution in [1.29, 1.82) is 0 Å². The minimum Gasteiger partial charge on any atom is -0.494 e. The SMILES string of the molecule is Cc1cc(OCCCN)ccc1[N+](=O)[O-].Cl. The van der Waals surface area contributed by atoms with E-state index < -0.39 is 4.92 Å². The number of ether oxygens (including phenoxy) is 1. The summed E-state index contributed by atoms with van der Waals surface area (Å²) in [5, 5.41) is 10.5. The average molecular weight is 247 g/mol. The van der Waals surface area contributed by atoms with Gasteiger partial charge in [0.15, 0.2) is 0 Å². The van der Waals surface area contributed by atoms with Crippen LogP contribution in [0.4, 0.5) is 5.69 Å². The largest absolute Gasteiger partial charge is 0.494 e. The molecule has 0 atom stereocenters. The number of nitrogens with two attached hydrogens (primary N) is 1. The van der Waals surface area contributed by atoms with Crippen LogP contribution in [0.1, 0.15) is 12.0 Å². The first-order chi connectivity index (χ1) is 7.15. The summed E-state index contributed by atoms with van der Waals surface area (Å²) in [7, 11) is 0. The highest BCUT2D eigenvalue weighted by atomic mass is 35.5. The van der Waals surface area contributed by atoms with Gasteiger partial charge in [-0.15, -0.1) is 12.4 Å². The summed E-state index contributed by atoms with van der Waals surface area (Å²) >= 11 is 0. The molecule has 5 nitrogen and oxygen atoms in total. The Kier molecular flexibility index (Phi) is 6.44. The molecule has 0 radical (unpaired) electrons. The molecule has 16 heavy (non-hydrogen) atoms. The molecule has 0 aliphatic carbocycles. The number of benzene rings is 1. The molecule has 0 saturated carbocycles. The van der Waals surface area contributed by atoms with Gasteiger partial charge in [-0.25, -0.2) is 0 Å². The Balaban J connectivity index is 0.00000225. The molecule has 0 aliphatic rings. The number of hydrogen-bond donors (Lipinski definition) is 1. The van der Waals surface area contributed by atoms with E-state index in [4.69, 9.17) is 10.5 Å². The molecule has 0 aromatic heterocycles. The maximum Gasteiger partial charge on any atom is 0.272 e. The molecule has 1 aromatic rings. The van der Waals surface area contributed by atoms with Crippen LogP contribution in [0, 0.1) is 17.0 Å². The Labute approximate surface area is 100 Å². The Morgan fingerprint density at radius 2 is 2.19 bits per heavy atom. The molecule has 0 heterocycles. The van der Waals surface area contributed by atoms with Crippen LogP contribution in [0.25, 0.3) is 0 Å². The maximum absolute atomic E-state index is 10.5. The minimum atomic E-state index is -0.404. The van der Waals surface area contributed by atoms with Crippen LogP contribution in [0.3, 0.4) is 0 Å². The minimum absolute atomic E-state index is 0. The van der Waals surface area contributed by atoms with E-state index in [1.165, 1.54) is 6.07 Å². The third-order valence-corrected chi connectivity index (χ3v) is 1.98. The Morgan fingerprint density at radius 1 is 1.50 bits per heavy atom. The molecule has 0 amide bonds. The van der Waals surface area contributed by atoms with Gasteiger partial charge < -0.3 is 10.5 Å². The van der Waals surface area contributed by atoms with Crippen molar-refractivity contribution in [2.24, 2.45) is 5.73 Å². The number of aryl methyl sites for hydroxylation is 1. The van der Waals surface area contributed by atoms with Crippen LogP contribution in [0.2, 0.25) is 0 Å². The molecule has 0 unspecified atom stereocenters. The van der Waals surface area contributed by atoms with Gasteiger partial charge in [-0.3, -0.25) is 10.1 Å². The summed E-state index contributed by atoms with van der Waals surface area (Å²) < 4.78 is 5.36. The molecule has 90 valence electrons. The van der Waals surface area contributed by atoms with Crippen molar-refractivity contribution in [3.05, 3.63) is 33.9 Å². The molecule has 6 heteroatoms. The van der Waals surface area contributed by atoms with E-state index in [2.05, 4.69) is 0 Å². The van der Waals surface area contributed by atoms with E-state index in [9.17, 15) is 10.1 Å². The molecule has 1 rings (SSSR count). The van der Waals surface area contributed by atoms with Crippen LogP contribution < -0.4 is 10.5 Å². The van der Waals surface area contributed by atoms with Crippen molar-refractivity contribution in [1.82, 2.24) is 0 Å². The van der Waals surface area contributed by atoms with Crippen molar-refractivity contribution in [3.8, 4) is 5.75 Å². The van der Waals surface area contributed by atoms with E-state index in [0.717, 1.165) is 6.42 Å². The van der Waals surface area contributed by atoms with Gasteiger partial charge >= 0.3 is 0 Å². The zero-order valence-corrected chi connectivity index (χ0v) is 9.83. The van der Waals surface area contributed by atoms with E-state index in [1.807, 2.05) is 0 Å². The third-order valence-electron chi connectivity index (χ3n) is 1.98. The second-order valence-electron chi connectivity index (χ2n) is 3.20. The smallest absolute Gasteiger partial charge is 0.272 e. The van der Waals surface area contributed by atoms with Gasteiger partial charge in [0.05, 0.1) is 11.5 Å². The second kappa shape index (κ2) is 7.03. The lowest BCUT2D eigenvalue weighted by Crippen LogP contribution is -2.06. The van der Waals surface area contributed by atoms with E-state index in [-0.39, 0.29) is 18.1 Å². The first-order valence-corrected chi connectivity index (χ1v) is 4.73. The summed E-state index contributed by atoms with van der Waals surface area (Å²) in [4.78, 5) is 10.1. The topological polar surface area (TPSA) is 78.4 Å². The van der Waals surface area contributed by atoms with Gasteiger partial charge in [0.1, 0.15) is 5.75 Å². The number of nitro groups is 1. The molecular weight excluding hydrogens is 232 g/mol. The number of nitrogens with zero attached hydrogens (tertiary/aromatic N) is 1. The predicted octanol–water partition coefficient (Wildman–Crippen LogP) is 2.05. The fraction of sp³-hybridized carbons (Fsp3) is 0.400. The zero-order chi connectivity index (χ0) is 11.3. The number of rotatable bonds is 5. The zero-order valence-electron chi connectivity index (χ0n) is 9.01.